The van der Waals surface area contributed by atoms with Crippen LogP contribution in [0, 0.1) is 5.92 Å². The fourth-order valence-electron chi connectivity index (χ4n) is 2.49. The first kappa shape index (κ1) is 25.6. The van der Waals surface area contributed by atoms with E-state index in [1.54, 1.807) is 38.1 Å². The topological polar surface area (TPSA) is 114 Å². The highest BCUT2D eigenvalue weighted by Crippen LogP contribution is 2.21. The molecule has 0 saturated carbocycles. The molecule has 0 aliphatic carbocycles. The van der Waals surface area contributed by atoms with Crippen LogP contribution in [0.25, 0.3) is 0 Å². The standard InChI is InChI=1S/C21H20BrCl2N3O5/c1-11(2)18(25-19(29)14-8-7-12(23)9-16(14)24)21(31)32-10-17(28)26-27-20(30)13-5-3-4-6-15(13)22/h3-9,11,18H,10H2,1-2H3,(H,25,29)(H,26,28)(H,27,30). The molecule has 0 fully saturated rings. The maximum Gasteiger partial charge on any atom is 0.329 e. The van der Waals surface area contributed by atoms with Crippen molar-refractivity contribution in [3.63, 3.8) is 0 Å². The summed E-state index contributed by atoms with van der Waals surface area (Å²) in [4.78, 5) is 49.0. The van der Waals surface area contributed by atoms with Gasteiger partial charge >= 0.3 is 5.97 Å². The Labute approximate surface area is 203 Å². The number of carbonyl (C=O) groups excluding carboxylic acids is 4. The second kappa shape index (κ2) is 11.8. The van der Waals surface area contributed by atoms with Crippen molar-refractivity contribution >= 4 is 62.8 Å². The molecule has 0 saturated heterocycles. The lowest BCUT2D eigenvalue weighted by atomic mass is 10.0. The quantitative estimate of drug-likeness (QED) is 0.364. The Bertz CT molecular complexity index is 1030. The van der Waals surface area contributed by atoms with Gasteiger partial charge in [0, 0.05) is 9.50 Å². The summed E-state index contributed by atoms with van der Waals surface area (Å²) < 4.78 is 5.55. The van der Waals surface area contributed by atoms with Gasteiger partial charge in [-0.05, 0) is 52.2 Å². The van der Waals surface area contributed by atoms with Gasteiger partial charge in [-0.15, -0.1) is 0 Å². The Balaban J connectivity index is 1.89. The second-order valence-electron chi connectivity index (χ2n) is 6.91. The lowest BCUT2D eigenvalue weighted by Gasteiger charge is -2.21. The predicted octanol–water partition coefficient (Wildman–Crippen LogP) is 3.51. The maximum absolute atomic E-state index is 12.5. The van der Waals surface area contributed by atoms with Crippen LogP contribution in [0.1, 0.15) is 34.6 Å². The van der Waals surface area contributed by atoms with E-state index < -0.39 is 36.3 Å². The van der Waals surface area contributed by atoms with Gasteiger partial charge in [0.1, 0.15) is 6.04 Å². The van der Waals surface area contributed by atoms with E-state index in [1.807, 2.05) is 0 Å². The van der Waals surface area contributed by atoms with Crippen molar-refractivity contribution in [1.82, 2.24) is 16.2 Å². The molecular weight excluding hydrogens is 525 g/mol. The molecule has 0 aromatic heterocycles. The van der Waals surface area contributed by atoms with E-state index in [0.717, 1.165) is 0 Å². The Morgan fingerprint density at radius 1 is 0.969 bits per heavy atom. The fourth-order valence-corrected chi connectivity index (χ4v) is 3.45. The van der Waals surface area contributed by atoms with Crippen molar-refractivity contribution in [1.29, 1.82) is 0 Å². The lowest BCUT2D eigenvalue weighted by Crippen LogP contribution is -2.47. The van der Waals surface area contributed by atoms with Gasteiger partial charge < -0.3 is 10.1 Å². The van der Waals surface area contributed by atoms with Gasteiger partial charge in [-0.1, -0.05) is 49.2 Å². The van der Waals surface area contributed by atoms with Crippen LogP contribution >= 0.6 is 39.1 Å². The summed E-state index contributed by atoms with van der Waals surface area (Å²) in [5, 5.41) is 3.04. The fraction of sp³-hybridized carbons (Fsp3) is 0.238. The monoisotopic (exact) mass is 543 g/mol. The third-order valence-electron chi connectivity index (χ3n) is 4.16. The summed E-state index contributed by atoms with van der Waals surface area (Å²) in [7, 11) is 0. The number of esters is 1. The van der Waals surface area contributed by atoms with Crippen molar-refractivity contribution in [3.05, 3.63) is 68.1 Å². The highest BCUT2D eigenvalue weighted by molar-refractivity contribution is 9.10. The van der Waals surface area contributed by atoms with Crippen LogP contribution in [0.4, 0.5) is 0 Å². The molecule has 1 atom stereocenters. The Hall–Kier alpha value is -2.62. The molecule has 2 aromatic rings. The minimum absolute atomic E-state index is 0.131. The van der Waals surface area contributed by atoms with Crippen molar-refractivity contribution in [3.8, 4) is 0 Å². The summed E-state index contributed by atoms with van der Waals surface area (Å²) in [5.41, 5.74) is 4.84. The summed E-state index contributed by atoms with van der Waals surface area (Å²) >= 11 is 15.1. The molecule has 11 heteroatoms. The van der Waals surface area contributed by atoms with Gasteiger partial charge in [0.25, 0.3) is 17.7 Å². The van der Waals surface area contributed by atoms with Gasteiger partial charge in [-0.2, -0.15) is 0 Å². The number of carbonyl (C=O) groups is 4. The number of hydrogen-bond donors (Lipinski definition) is 3. The third kappa shape index (κ3) is 7.22. The van der Waals surface area contributed by atoms with Crippen LogP contribution in [0.2, 0.25) is 10.0 Å². The molecule has 2 aromatic carbocycles. The molecule has 1 unspecified atom stereocenters. The van der Waals surface area contributed by atoms with Crippen molar-refractivity contribution < 1.29 is 23.9 Å². The molecule has 3 amide bonds. The summed E-state index contributed by atoms with van der Waals surface area (Å²) in [6, 6.07) is 9.96. The number of amides is 3. The number of hydrogen-bond acceptors (Lipinski definition) is 5. The number of rotatable bonds is 7. The summed E-state index contributed by atoms with van der Waals surface area (Å²) in [6.45, 7) is 2.75. The summed E-state index contributed by atoms with van der Waals surface area (Å²) in [6.07, 6.45) is 0. The van der Waals surface area contributed by atoms with Gasteiger partial charge in [-0.25, -0.2) is 4.79 Å². The van der Waals surface area contributed by atoms with Gasteiger partial charge in [0.05, 0.1) is 16.1 Å². The number of benzene rings is 2. The first-order chi connectivity index (χ1) is 15.1. The molecule has 0 radical (unpaired) electrons. The smallest absolute Gasteiger partial charge is 0.329 e. The van der Waals surface area contributed by atoms with E-state index in [0.29, 0.717) is 15.1 Å². The van der Waals surface area contributed by atoms with Crippen LogP contribution in [0.3, 0.4) is 0 Å². The largest absolute Gasteiger partial charge is 0.454 e. The Morgan fingerprint density at radius 3 is 2.28 bits per heavy atom. The van der Waals surface area contributed by atoms with E-state index in [-0.39, 0.29) is 16.5 Å². The zero-order chi connectivity index (χ0) is 23.8. The van der Waals surface area contributed by atoms with Crippen molar-refractivity contribution in [2.24, 2.45) is 5.92 Å². The van der Waals surface area contributed by atoms with Crippen molar-refractivity contribution in [2.75, 3.05) is 6.61 Å². The van der Waals surface area contributed by atoms with Gasteiger partial charge in [0.2, 0.25) is 0 Å². The van der Waals surface area contributed by atoms with Crippen LogP contribution < -0.4 is 16.2 Å². The summed E-state index contributed by atoms with van der Waals surface area (Å²) in [5.74, 6) is -3.05. The van der Waals surface area contributed by atoms with Crippen LogP contribution in [0.5, 0.6) is 0 Å². The highest BCUT2D eigenvalue weighted by atomic mass is 79.9. The molecule has 0 spiro atoms. The SMILES string of the molecule is CC(C)C(NC(=O)c1ccc(Cl)cc1Cl)C(=O)OCC(=O)NNC(=O)c1ccccc1Br. The number of halogens is 3. The average molecular weight is 545 g/mol. The minimum Gasteiger partial charge on any atom is -0.454 e. The second-order valence-corrected chi connectivity index (χ2v) is 8.61. The molecular formula is C21H20BrCl2N3O5. The van der Waals surface area contributed by atoms with Gasteiger partial charge in [-0.3, -0.25) is 25.2 Å². The van der Waals surface area contributed by atoms with Crippen LogP contribution in [0.15, 0.2) is 46.9 Å². The van der Waals surface area contributed by atoms with E-state index >= 15 is 0 Å². The lowest BCUT2D eigenvalue weighted by molar-refractivity contribution is -0.151. The van der Waals surface area contributed by atoms with Crippen LogP contribution in [-0.2, 0) is 14.3 Å². The van der Waals surface area contributed by atoms with E-state index in [9.17, 15) is 19.2 Å². The molecule has 0 heterocycles. The zero-order valence-corrected chi connectivity index (χ0v) is 20.2. The van der Waals surface area contributed by atoms with Crippen molar-refractivity contribution in [2.45, 2.75) is 19.9 Å². The third-order valence-corrected chi connectivity index (χ3v) is 5.40. The molecule has 0 bridgehead atoms. The normalized spacial score (nSPS) is 11.4. The number of ether oxygens (including phenoxy) is 1. The van der Waals surface area contributed by atoms with E-state index in [4.69, 9.17) is 27.9 Å². The van der Waals surface area contributed by atoms with E-state index in [1.165, 1.54) is 18.2 Å². The molecule has 0 aliphatic rings. The molecule has 2 rings (SSSR count). The zero-order valence-electron chi connectivity index (χ0n) is 17.1. The van der Waals surface area contributed by atoms with E-state index in [2.05, 4.69) is 32.1 Å². The molecule has 32 heavy (non-hydrogen) atoms. The molecule has 3 N–H and O–H groups in total. The maximum atomic E-state index is 12.5. The average Bonchev–Trinajstić information content (AvgIpc) is 2.74. The van der Waals surface area contributed by atoms with Crippen LogP contribution in [-0.4, -0.2) is 36.3 Å². The molecule has 170 valence electrons. The predicted molar refractivity (Wildman–Crippen MR) is 123 cm³/mol. The minimum atomic E-state index is -1.03. The number of nitrogens with one attached hydrogen (secondary N) is 3. The number of hydrazine groups is 1. The Kier molecular flexibility index (Phi) is 9.49. The highest BCUT2D eigenvalue weighted by Gasteiger charge is 2.27. The van der Waals surface area contributed by atoms with Gasteiger partial charge in [0.15, 0.2) is 6.61 Å². The molecule has 8 nitrogen and oxygen atoms in total. The molecule has 0 aliphatic heterocycles. The Morgan fingerprint density at radius 2 is 1.66 bits per heavy atom. The first-order valence-corrected chi connectivity index (χ1v) is 10.9. The first-order valence-electron chi connectivity index (χ1n) is 9.36.